The Morgan fingerprint density at radius 3 is 1.83 bits per heavy atom. The fraction of sp³-hybridized carbons (Fsp3) is 0.574. The zero-order valence-corrected chi connectivity index (χ0v) is 41.5. The summed E-state index contributed by atoms with van der Waals surface area (Å²) in [5, 5.41) is 9.38. The van der Waals surface area contributed by atoms with Gasteiger partial charge in [-0.3, -0.25) is 14.3 Å². The molecule has 0 amide bonds. The maximum Gasteiger partial charge on any atom is 0.330 e. The van der Waals surface area contributed by atoms with Crippen LogP contribution in [0.15, 0.2) is 101 Å². The van der Waals surface area contributed by atoms with Crippen LogP contribution in [0.25, 0.3) is 0 Å². The lowest BCUT2D eigenvalue weighted by Gasteiger charge is -2.39. The summed E-state index contributed by atoms with van der Waals surface area (Å²) >= 11 is 0. The van der Waals surface area contributed by atoms with Gasteiger partial charge in [0.25, 0.3) is 14.1 Å². The number of benzene rings is 3. The first-order chi connectivity index (χ1) is 32.1. The van der Waals surface area contributed by atoms with E-state index in [-0.39, 0.29) is 31.7 Å². The molecule has 1 unspecified atom stereocenters. The van der Waals surface area contributed by atoms with E-state index in [0.29, 0.717) is 18.6 Å². The highest BCUT2D eigenvalue weighted by Crippen LogP contribution is 2.50. The molecule has 360 valence electrons. The lowest BCUT2D eigenvalue weighted by atomic mass is 9.80. The van der Waals surface area contributed by atoms with Gasteiger partial charge in [0, 0.05) is 30.3 Å². The smallest absolute Gasteiger partial charge is 0.330 e. The molecule has 4 atom stereocenters. The fourth-order valence-corrected chi connectivity index (χ4v) is 10.7. The molecule has 3 aromatic carbocycles. The topological polar surface area (TPSA) is 128 Å². The van der Waals surface area contributed by atoms with E-state index in [0.717, 1.165) is 28.9 Å². The van der Waals surface area contributed by atoms with Crippen LogP contribution in [0, 0.1) is 18.3 Å². The van der Waals surface area contributed by atoms with Crippen molar-refractivity contribution in [3.8, 4) is 11.8 Å². The largest absolute Gasteiger partial charge is 0.494 e. The van der Waals surface area contributed by atoms with Gasteiger partial charge in [-0.05, 0) is 69.9 Å². The number of unbranched alkanes of at least 4 members (excludes halogenated alkanes) is 13. The number of nitrogens with zero attached hydrogens (tertiary/aromatic N) is 3. The summed E-state index contributed by atoms with van der Waals surface area (Å²) in [6.07, 6.45) is 18.5. The van der Waals surface area contributed by atoms with Crippen molar-refractivity contribution in [2.45, 2.75) is 180 Å². The van der Waals surface area contributed by atoms with Crippen molar-refractivity contribution in [1.29, 1.82) is 5.26 Å². The molecule has 1 fully saturated rings. The van der Waals surface area contributed by atoms with Crippen molar-refractivity contribution in [1.82, 2.24) is 14.2 Å². The number of aromatic nitrogens is 2. The van der Waals surface area contributed by atoms with Gasteiger partial charge in [-0.2, -0.15) is 5.26 Å². The highest BCUT2D eigenvalue weighted by atomic mass is 31.2. The van der Waals surface area contributed by atoms with E-state index in [9.17, 15) is 14.9 Å². The maximum absolute atomic E-state index is 13.3. The Hall–Kier alpha value is -4.14. The Labute approximate surface area is 396 Å². The predicted molar refractivity (Wildman–Crippen MR) is 266 cm³/mol. The molecule has 2 heterocycles. The van der Waals surface area contributed by atoms with Crippen molar-refractivity contribution in [3.05, 3.63) is 134 Å². The van der Waals surface area contributed by atoms with Crippen molar-refractivity contribution in [2.75, 3.05) is 19.8 Å². The molecule has 0 radical (unpaired) electrons. The molecule has 0 aliphatic carbocycles. The van der Waals surface area contributed by atoms with Crippen molar-refractivity contribution < 1.29 is 23.3 Å². The minimum Gasteiger partial charge on any atom is -0.494 e. The Balaban J connectivity index is 1.33. The summed E-state index contributed by atoms with van der Waals surface area (Å²) in [4.78, 5) is 28.1. The number of hydrogen-bond donors (Lipinski definition) is 1. The second-order valence-electron chi connectivity index (χ2n) is 18.2. The molecule has 66 heavy (non-hydrogen) atoms. The van der Waals surface area contributed by atoms with Gasteiger partial charge >= 0.3 is 5.69 Å². The Morgan fingerprint density at radius 2 is 1.30 bits per heavy atom. The van der Waals surface area contributed by atoms with Crippen LogP contribution >= 0.6 is 8.53 Å². The second-order valence-corrected chi connectivity index (χ2v) is 19.6. The molecule has 1 aromatic heterocycles. The molecule has 1 aliphatic heterocycles. The number of rotatable bonds is 31. The van der Waals surface area contributed by atoms with E-state index in [1.807, 2.05) is 48.5 Å². The van der Waals surface area contributed by atoms with E-state index < -0.39 is 43.8 Å². The van der Waals surface area contributed by atoms with Gasteiger partial charge < -0.3 is 23.3 Å². The zero-order chi connectivity index (χ0) is 47.2. The number of hydrogen-bond acceptors (Lipinski definition) is 9. The number of aromatic amines is 1. The second kappa shape index (κ2) is 28.3. The van der Waals surface area contributed by atoms with Gasteiger partial charge in [0.15, 0.2) is 0 Å². The third-order valence-corrected chi connectivity index (χ3v) is 14.5. The van der Waals surface area contributed by atoms with E-state index in [2.05, 4.69) is 86.7 Å². The van der Waals surface area contributed by atoms with Crippen LogP contribution < -0.4 is 16.0 Å². The van der Waals surface area contributed by atoms with Crippen molar-refractivity contribution >= 4 is 8.53 Å². The third-order valence-electron chi connectivity index (χ3n) is 12.4. The Morgan fingerprint density at radius 1 is 0.773 bits per heavy atom. The van der Waals surface area contributed by atoms with Gasteiger partial charge in [0.05, 0.1) is 38.4 Å². The molecule has 12 heteroatoms. The molecule has 0 spiro atoms. The van der Waals surface area contributed by atoms with Crippen LogP contribution in [-0.4, -0.2) is 58.3 Å². The normalized spacial score (nSPS) is 16.9. The lowest BCUT2D eigenvalue weighted by Crippen LogP contribution is -2.39. The standard InChI is InChI=1S/C54H77N4O7P/c1-7-8-9-10-11-12-13-14-15-16-17-18-19-26-37-61-48-34-32-47(33-35-48)54(45-28-22-20-23-29-45,46-30-24-21-25-31-46)62-41-50-49(39-51(64-50)57-40-44(6)52(59)56-53(57)60)65-66(63-38-27-36-55)58(42(2)3)43(4)5/h20-25,28-35,40,42-43,49-51H,7-19,26-27,37-39,41H2,1-6H3,(H,56,59,60)/t49-,50+,51+,66?/m0/s1. The van der Waals surface area contributed by atoms with E-state index in [4.69, 9.17) is 23.3 Å². The van der Waals surface area contributed by atoms with Gasteiger partial charge in [-0.1, -0.05) is 163 Å². The summed E-state index contributed by atoms with van der Waals surface area (Å²) < 4.78 is 37.3. The third kappa shape index (κ3) is 15.4. The van der Waals surface area contributed by atoms with Crippen LogP contribution in [0.3, 0.4) is 0 Å². The molecular formula is C54H77N4O7P. The first-order valence-corrected chi connectivity index (χ1v) is 25.9. The van der Waals surface area contributed by atoms with Crippen LogP contribution in [0.4, 0.5) is 0 Å². The summed E-state index contributed by atoms with van der Waals surface area (Å²) in [5.74, 6) is 0.810. The molecule has 1 aliphatic rings. The summed E-state index contributed by atoms with van der Waals surface area (Å²) in [6.45, 7) is 13.3. The molecule has 11 nitrogen and oxygen atoms in total. The molecule has 5 rings (SSSR count). The monoisotopic (exact) mass is 925 g/mol. The van der Waals surface area contributed by atoms with Gasteiger partial charge in [0.1, 0.15) is 23.7 Å². The average Bonchev–Trinajstić information content (AvgIpc) is 3.71. The lowest BCUT2D eigenvalue weighted by molar-refractivity contribution is -0.0926. The Kier molecular flexibility index (Phi) is 22.6. The van der Waals surface area contributed by atoms with Gasteiger partial charge in [-0.15, -0.1) is 0 Å². The van der Waals surface area contributed by atoms with E-state index >= 15 is 0 Å². The fourth-order valence-electron chi connectivity index (χ4n) is 8.92. The minimum atomic E-state index is -1.66. The van der Waals surface area contributed by atoms with Crippen LogP contribution in [0.5, 0.6) is 5.75 Å². The molecule has 1 saturated heterocycles. The zero-order valence-electron chi connectivity index (χ0n) is 40.6. The number of nitrogens with one attached hydrogen (secondary N) is 1. The predicted octanol–water partition coefficient (Wildman–Crippen LogP) is 12.7. The van der Waals surface area contributed by atoms with Gasteiger partial charge in [0.2, 0.25) is 0 Å². The summed E-state index contributed by atoms with van der Waals surface area (Å²) in [5.41, 5.74) is 1.08. The number of H-pyrrole nitrogens is 1. The number of nitriles is 1. The molecule has 1 N–H and O–H groups in total. The minimum absolute atomic E-state index is 0.0736. The van der Waals surface area contributed by atoms with Gasteiger partial charge in [-0.25, -0.2) is 9.46 Å². The maximum atomic E-state index is 13.3. The quantitative estimate of drug-likeness (QED) is 0.0298. The van der Waals surface area contributed by atoms with E-state index in [1.165, 1.54) is 94.2 Å². The molecule has 4 aromatic rings. The first kappa shape index (κ1) is 52.8. The van der Waals surface area contributed by atoms with Crippen molar-refractivity contribution in [3.63, 3.8) is 0 Å². The number of ether oxygens (including phenoxy) is 3. The highest BCUT2D eigenvalue weighted by Gasteiger charge is 2.45. The highest BCUT2D eigenvalue weighted by molar-refractivity contribution is 7.44. The van der Waals surface area contributed by atoms with E-state index in [1.54, 1.807) is 6.92 Å². The van der Waals surface area contributed by atoms with Crippen molar-refractivity contribution in [2.24, 2.45) is 0 Å². The van der Waals surface area contributed by atoms with Crippen LogP contribution in [-0.2, 0) is 24.1 Å². The number of aryl methyl sites for hydroxylation is 1. The van der Waals surface area contributed by atoms with Crippen LogP contribution in [0.2, 0.25) is 0 Å². The summed E-state index contributed by atoms with van der Waals surface area (Å²) in [7, 11) is -1.66. The van der Waals surface area contributed by atoms with Crippen LogP contribution in [0.1, 0.15) is 166 Å². The Bertz CT molecular complexity index is 2080. The summed E-state index contributed by atoms with van der Waals surface area (Å²) in [6, 6.07) is 30.9. The average molecular weight is 925 g/mol. The first-order valence-electron chi connectivity index (χ1n) is 24.8. The molecule has 0 saturated carbocycles. The SMILES string of the molecule is CCCCCCCCCCCCCCCCOc1ccc(C(OC[C@H]2O[C@@H](n3cc(C)c(=O)[nH]c3=O)C[C@@H]2OP(OCCC#N)N(C(C)C)C(C)C)(c2ccccc2)c2ccccc2)cc1. The molecular weight excluding hydrogens is 848 g/mol. The molecule has 0 bridgehead atoms.